The van der Waals surface area contributed by atoms with E-state index in [1.807, 2.05) is 39.8 Å². The highest BCUT2D eigenvalue weighted by atomic mass is 35.5. The largest absolute Gasteiger partial charge is 0.462 e. The fraction of sp³-hybridized carbons (Fsp3) is 0.222. The van der Waals surface area contributed by atoms with Crippen molar-refractivity contribution in [2.45, 2.75) is 39.3 Å². The molecule has 0 atom stereocenters. The minimum Gasteiger partial charge on any atom is -0.462 e. The van der Waals surface area contributed by atoms with Crippen molar-refractivity contribution >= 4 is 52.5 Å². The summed E-state index contributed by atoms with van der Waals surface area (Å²) in [7, 11) is 0. The lowest BCUT2D eigenvalue weighted by Crippen LogP contribution is -2.33. The highest BCUT2D eigenvalue weighted by molar-refractivity contribution is 8.04. The third-order valence-corrected chi connectivity index (χ3v) is 6.80. The molecule has 1 aromatic heterocycles. The number of rotatable bonds is 8. The Kier molecular flexibility index (Phi) is 7.94. The quantitative estimate of drug-likeness (QED) is 0.225. The minimum atomic E-state index is -0.621. The molecule has 2 heterocycles. The third kappa shape index (κ3) is 5.68. The standard InChI is InChI=1S/C27H25ClN4O4S/c1-5-12-36-26(35)19-8-6-7-9-21(19)32-24(33)22(31-18-11-10-15(2)20(28)14-18)23(25(32)34)37-27-29-16(3)13-17(4)30-27/h6-11,13-14,31H,5,12H2,1-4H3. The predicted molar refractivity (Wildman–Crippen MR) is 144 cm³/mol. The monoisotopic (exact) mass is 536 g/mol. The van der Waals surface area contributed by atoms with E-state index in [2.05, 4.69) is 15.3 Å². The van der Waals surface area contributed by atoms with Crippen LogP contribution in [0.15, 0.2) is 64.3 Å². The smallest absolute Gasteiger partial charge is 0.340 e. The maximum absolute atomic E-state index is 13.8. The molecule has 0 fully saturated rings. The first-order valence-corrected chi connectivity index (χ1v) is 12.8. The van der Waals surface area contributed by atoms with Crippen LogP contribution in [0, 0.1) is 20.8 Å². The van der Waals surface area contributed by atoms with Crippen molar-refractivity contribution in [3.05, 3.63) is 86.7 Å². The zero-order valence-electron chi connectivity index (χ0n) is 20.8. The molecule has 0 bridgehead atoms. The van der Waals surface area contributed by atoms with Gasteiger partial charge >= 0.3 is 5.97 Å². The highest BCUT2D eigenvalue weighted by Gasteiger charge is 2.42. The van der Waals surface area contributed by atoms with Crippen molar-refractivity contribution in [3.8, 4) is 0 Å². The van der Waals surface area contributed by atoms with Gasteiger partial charge in [0.15, 0.2) is 5.16 Å². The van der Waals surface area contributed by atoms with E-state index in [-0.39, 0.29) is 28.5 Å². The highest BCUT2D eigenvalue weighted by Crippen LogP contribution is 2.38. The first-order chi connectivity index (χ1) is 17.7. The van der Waals surface area contributed by atoms with Gasteiger partial charge in [-0.05, 0) is 74.8 Å². The lowest BCUT2D eigenvalue weighted by molar-refractivity contribution is -0.120. The number of benzene rings is 2. The Morgan fingerprint density at radius 3 is 2.41 bits per heavy atom. The van der Waals surface area contributed by atoms with Gasteiger partial charge in [-0.25, -0.2) is 19.7 Å². The van der Waals surface area contributed by atoms with Crippen molar-refractivity contribution in [3.63, 3.8) is 0 Å². The maximum atomic E-state index is 13.8. The van der Waals surface area contributed by atoms with Gasteiger partial charge in [-0.15, -0.1) is 0 Å². The fourth-order valence-electron chi connectivity index (χ4n) is 3.69. The van der Waals surface area contributed by atoms with Gasteiger partial charge in [0.05, 0.1) is 17.9 Å². The normalized spacial score (nSPS) is 13.4. The molecule has 4 rings (SSSR count). The molecular weight excluding hydrogens is 512 g/mol. The molecule has 0 aliphatic carbocycles. The van der Waals surface area contributed by atoms with Crippen molar-refractivity contribution in [1.29, 1.82) is 0 Å². The van der Waals surface area contributed by atoms with Crippen LogP contribution in [0.3, 0.4) is 0 Å². The van der Waals surface area contributed by atoms with Gasteiger partial charge in [-0.2, -0.15) is 0 Å². The molecule has 0 radical (unpaired) electrons. The number of thioether (sulfide) groups is 1. The Morgan fingerprint density at radius 1 is 1.03 bits per heavy atom. The lowest BCUT2D eigenvalue weighted by atomic mass is 10.1. The summed E-state index contributed by atoms with van der Waals surface area (Å²) in [6, 6.07) is 13.4. The number of carbonyl (C=O) groups excluding carboxylic acids is 3. The summed E-state index contributed by atoms with van der Waals surface area (Å²) in [6.07, 6.45) is 0.640. The van der Waals surface area contributed by atoms with Crippen LogP contribution < -0.4 is 10.2 Å². The summed E-state index contributed by atoms with van der Waals surface area (Å²) < 4.78 is 5.29. The zero-order chi connectivity index (χ0) is 26.7. The van der Waals surface area contributed by atoms with Crippen LogP contribution in [-0.4, -0.2) is 34.4 Å². The first kappa shape index (κ1) is 26.4. The molecule has 37 heavy (non-hydrogen) atoms. The van der Waals surface area contributed by atoms with Crippen LogP contribution in [0.25, 0.3) is 0 Å². The van der Waals surface area contributed by atoms with Crippen molar-refractivity contribution in [1.82, 2.24) is 9.97 Å². The Labute approximate surface area is 224 Å². The second kappa shape index (κ2) is 11.1. The van der Waals surface area contributed by atoms with Gasteiger partial charge in [-0.3, -0.25) is 9.59 Å². The van der Waals surface area contributed by atoms with E-state index in [9.17, 15) is 14.4 Å². The number of hydrogen-bond donors (Lipinski definition) is 1. The molecule has 190 valence electrons. The number of para-hydroxylation sites is 1. The SMILES string of the molecule is CCCOC(=O)c1ccccc1N1C(=O)C(Nc2ccc(C)c(Cl)c2)=C(Sc2nc(C)cc(C)n2)C1=O. The topological polar surface area (TPSA) is 101 Å². The number of amides is 2. The molecular formula is C27H25ClN4O4S. The molecule has 0 saturated heterocycles. The lowest BCUT2D eigenvalue weighted by Gasteiger charge is -2.18. The molecule has 1 aliphatic heterocycles. The number of anilines is 2. The van der Waals surface area contributed by atoms with E-state index in [0.717, 1.165) is 33.6 Å². The minimum absolute atomic E-state index is 0.0365. The summed E-state index contributed by atoms with van der Waals surface area (Å²) in [5, 5.41) is 3.90. The van der Waals surface area contributed by atoms with E-state index in [1.54, 1.807) is 30.3 Å². The summed E-state index contributed by atoms with van der Waals surface area (Å²) in [5.74, 6) is -1.84. The predicted octanol–water partition coefficient (Wildman–Crippen LogP) is 5.61. The summed E-state index contributed by atoms with van der Waals surface area (Å²) in [4.78, 5) is 50.1. The van der Waals surface area contributed by atoms with Crippen LogP contribution >= 0.6 is 23.4 Å². The number of aromatic nitrogens is 2. The van der Waals surface area contributed by atoms with Crippen LogP contribution in [0.2, 0.25) is 5.02 Å². The van der Waals surface area contributed by atoms with Gasteiger partial charge in [0.1, 0.15) is 10.6 Å². The Morgan fingerprint density at radius 2 is 1.73 bits per heavy atom. The number of nitrogens with zero attached hydrogens (tertiary/aromatic N) is 3. The van der Waals surface area contributed by atoms with E-state index in [0.29, 0.717) is 22.3 Å². The van der Waals surface area contributed by atoms with Gasteiger partial charge < -0.3 is 10.1 Å². The molecule has 0 spiro atoms. The second-order valence-electron chi connectivity index (χ2n) is 8.43. The van der Waals surface area contributed by atoms with Crippen molar-refractivity contribution in [2.24, 2.45) is 0 Å². The summed E-state index contributed by atoms with van der Waals surface area (Å²) in [5.41, 5.74) is 3.15. The third-order valence-electron chi connectivity index (χ3n) is 5.44. The molecule has 2 aromatic carbocycles. The Bertz CT molecular complexity index is 1420. The molecule has 0 saturated carbocycles. The molecule has 1 N–H and O–H groups in total. The van der Waals surface area contributed by atoms with E-state index in [4.69, 9.17) is 16.3 Å². The van der Waals surface area contributed by atoms with Crippen molar-refractivity contribution < 1.29 is 19.1 Å². The summed E-state index contributed by atoms with van der Waals surface area (Å²) in [6.45, 7) is 7.62. The molecule has 2 amide bonds. The number of imide groups is 1. The second-order valence-corrected chi connectivity index (χ2v) is 9.81. The van der Waals surface area contributed by atoms with E-state index >= 15 is 0 Å². The van der Waals surface area contributed by atoms with Crippen LogP contribution in [-0.2, 0) is 14.3 Å². The Hall–Kier alpha value is -3.69. The van der Waals surface area contributed by atoms with E-state index in [1.165, 1.54) is 6.07 Å². The fourth-order valence-corrected chi connectivity index (χ4v) is 4.85. The maximum Gasteiger partial charge on any atom is 0.340 e. The van der Waals surface area contributed by atoms with Gasteiger partial charge in [0.2, 0.25) is 0 Å². The van der Waals surface area contributed by atoms with Crippen LogP contribution in [0.5, 0.6) is 0 Å². The number of nitrogens with one attached hydrogen (secondary N) is 1. The van der Waals surface area contributed by atoms with E-state index < -0.39 is 17.8 Å². The molecule has 8 nitrogen and oxygen atoms in total. The van der Waals surface area contributed by atoms with Gasteiger partial charge in [0.25, 0.3) is 11.8 Å². The number of esters is 1. The first-order valence-electron chi connectivity index (χ1n) is 11.6. The average molecular weight is 537 g/mol. The van der Waals surface area contributed by atoms with Gasteiger partial charge in [0, 0.05) is 22.1 Å². The number of ether oxygens (including phenoxy) is 1. The molecule has 10 heteroatoms. The average Bonchev–Trinajstić information content (AvgIpc) is 3.08. The van der Waals surface area contributed by atoms with Crippen molar-refractivity contribution in [2.75, 3.05) is 16.8 Å². The molecule has 0 unspecified atom stereocenters. The summed E-state index contributed by atoms with van der Waals surface area (Å²) >= 11 is 7.28. The molecule has 1 aliphatic rings. The van der Waals surface area contributed by atoms with Crippen LogP contribution in [0.1, 0.15) is 40.7 Å². The number of carbonyl (C=O) groups is 3. The van der Waals surface area contributed by atoms with Gasteiger partial charge in [-0.1, -0.05) is 36.7 Å². The number of aryl methyl sites for hydroxylation is 3. The number of halogens is 1. The van der Waals surface area contributed by atoms with Crippen LogP contribution in [0.4, 0.5) is 11.4 Å². The Balaban J connectivity index is 1.78. The zero-order valence-corrected chi connectivity index (χ0v) is 22.4. The molecule has 3 aromatic rings. The number of hydrogen-bond acceptors (Lipinski definition) is 8.